The van der Waals surface area contributed by atoms with Gasteiger partial charge in [0.1, 0.15) is 11.2 Å². The number of rotatable bonds is 5. The maximum absolute atomic E-state index is 12.6. The lowest BCUT2D eigenvalue weighted by atomic mass is 9.81. The molecule has 0 radical (unpaired) electrons. The van der Waals surface area contributed by atoms with Crippen molar-refractivity contribution in [2.24, 2.45) is 17.3 Å². The molecule has 2 aliphatic heterocycles. The van der Waals surface area contributed by atoms with E-state index in [1.807, 2.05) is 17.0 Å². The molecule has 6 nitrogen and oxygen atoms in total. The highest BCUT2D eigenvalue weighted by atomic mass is 16.4. The first kappa shape index (κ1) is 13.8. The van der Waals surface area contributed by atoms with Gasteiger partial charge in [-0.2, -0.15) is 0 Å². The van der Waals surface area contributed by atoms with Crippen LogP contribution >= 0.6 is 0 Å². The van der Waals surface area contributed by atoms with E-state index in [1.54, 1.807) is 11.2 Å². The van der Waals surface area contributed by atoms with Gasteiger partial charge in [-0.3, -0.25) is 14.5 Å². The third-order valence-corrected chi connectivity index (χ3v) is 5.26. The number of nitrogens with zero attached hydrogens (tertiary/aromatic N) is 2. The van der Waals surface area contributed by atoms with Crippen LogP contribution in [0, 0.1) is 17.3 Å². The molecule has 118 valence electrons. The summed E-state index contributed by atoms with van der Waals surface area (Å²) in [4.78, 5) is 28.4. The molecule has 4 rings (SSSR count). The molecule has 2 atom stereocenters. The van der Waals surface area contributed by atoms with Crippen molar-refractivity contribution in [3.8, 4) is 0 Å². The van der Waals surface area contributed by atoms with Gasteiger partial charge in [-0.25, -0.2) is 0 Å². The van der Waals surface area contributed by atoms with Gasteiger partial charge >= 0.3 is 5.97 Å². The van der Waals surface area contributed by atoms with Gasteiger partial charge < -0.3 is 14.4 Å². The van der Waals surface area contributed by atoms with E-state index in [9.17, 15) is 14.7 Å². The van der Waals surface area contributed by atoms with Crippen LogP contribution in [0.4, 0.5) is 0 Å². The van der Waals surface area contributed by atoms with E-state index in [4.69, 9.17) is 4.42 Å². The summed E-state index contributed by atoms with van der Waals surface area (Å²) in [6, 6.07) is 3.70. The number of furan rings is 1. The molecule has 22 heavy (non-hydrogen) atoms. The number of fused-ring (bicyclic) bond motifs is 1. The molecule has 1 saturated carbocycles. The third-order valence-electron chi connectivity index (χ3n) is 5.26. The zero-order valence-corrected chi connectivity index (χ0v) is 12.4. The van der Waals surface area contributed by atoms with Crippen LogP contribution in [0.1, 0.15) is 18.6 Å². The summed E-state index contributed by atoms with van der Waals surface area (Å²) < 4.78 is 5.34. The highest BCUT2D eigenvalue weighted by Gasteiger charge is 2.62. The standard InChI is InChI=1S/C16H20N2O4/c19-14-13-8-17(7-12-2-1-5-22-12)9-16(13,15(20)21)10-18(14)6-11-3-4-11/h1-2,5,11,13H,3-4,6-10H2,(H,20,21)/t13-,16-/m1/s1. The van der Waals surface area contributed by atoms with Gasteiger partial charge in [-0.15, -0.1) is 0 Å². The number of aliphatic carboxylic acids is 1. The van der Waals surface area contributed by atoms with Crippen molar-refractivity contribution >= 4 is 11.9 Å². The summed E-state index contributed by atoms with van der Waals surface area (Å²) in [6.45, 7) is 2.58. The van der Waals surface area contributed by atoms with Crippen molar-refractivity contribution in [2.45, 2.75) is 19.4 Å². The molecule has 0 bridgehead atoms. The molecule has 6 heteroatoms. The first-order valence-electron chi connectivity index (χ1n) is 7.85. The maximum atomic E-state index is 12.6. The number of likely N-dealkylation sites (tertiary alicyclic amines) is 2. The molecule has 0 unspecified atom stereocenters. The normalized spacial score (nSPS) is 31.7. The highest BCUT2D eigenvalue weighted by Crippen LogP contribution is 2.45. The minimum absolute atomic E-state index is 0.0243. The molecule has 2 saturated heterocycles. The summed E-state index contributed by atoms with van der Waals surface area (Å²) >= 11 is 0. The van der Waals surface area contributed by atoms with Gasteiger partial charge in [-0.1, -0.05) is 0 Å². The Bertz CT molecular complexity index is 595. The number of carbonyl (C=O) groups is 2. The summed E-state index contributed by atoms with van der Waals surface area (Å²) in [6.07, 6.45) is 3.94. The Morgan fingerprint density at radius 2 is 2.23 bits per heavy atom. The van der Waals surface area contributed by atoms with Crippen LogP contribution < -0.4 is 0 Å². The van der Waals surface area contributed by atoms with Crippen LogP contribution in [0.2, 0.25) is 0 Å². The van der Waals surface area contributed by atoms with E-state index < -0.39 is 17.3 Å². The van der Waals surface area contributed by atoms with E-state index >= 15 is 0 Å². The minimum Gasteiger partial charge on any atom is -0.481 e. The summed E-state index contributed by atoms with van der Waals surface area (Å²) in [5, 5.41) is 9.77. The molecule has 1 aromatic rings. The largest absolute Gasteiger partial charge is 0.481 e. The van der Waals surface area contributed by atoms with E-state index in [2.05, 4.69) is 0 Å². The fourth-order valence-electron chi connectivity index (χ4n) is 3.91. The van der Waals surface area contributed by atoms with Crippen molar-refractivity contribution in [3.05, 3.63) is 24.2 Å². The quantitative estimate of drug-likeness (QED) is 0.879. The second-order valence-corrected chi connectivity index (χ2v) is 6.92. The molecule has 3 fully saturated rings. The smallest absolute Gasteiger partial charge is 0.313 e. The number of amides is 1. The first-order valence-corrected chi connectivity index (χ1v) is 7.85. The number of hydrogen-bond acceptors (Lipinski definition) is 4. The Morgan fingerprint density at radius 1 is 1.41 bits per heavy atom. The molecular weight excluding hydrogens is 284 g/mol. The fraction of sp³-hybridized carbons (Fsp3) is 0.625. The van der Waals surface area contributed by atoms with Crippen LogP contribution in [-0.4, -0.2) is 53.0 Å². The molecule has 1 N–H and O–H groups in total. The van der Waals surface area contributed by atoms with Crippen molar-refractivity contribution < 1.29 is 19.1 Å². The number of carboxylic acids is 1. The van der Waals surface area contributed by atoms with E-state index in [1.165, 1.54) is 12.8 Å². The second kappa shape index (κ2) is 4.84. The topological polar surface area (TPSA) is 74.0 Å². The predicted octanol–water partition coefficient (Wildman–Crippen LogP) is 1.03. The lowest BCUT2D eigenvalue weighted by molar-refractivity contribution is -0.149. The van der Waals surface area contributed by atoms with Crippen LogP contribution in [0.5, 0.6) is 0 Å². The summed E-state index contributed by atoms with van der Waals surface area (Å²) in [7, 11) is 0. The minimum atomic E-state index is -0.946. The van der Waals surface area contributed by atoms with Crippen LogP contribution in [0.25, 0.3) is 0 Å². The molecule has 0 spiro atoms. The van der Waals surface area contributed by atoms with Gasteiger partial charge in [-0.05, 0) is 30.9 Å². The van der Waals surface area contributed by atoms with E-state index in [0.29, 0.717) is 32.1 Å². The van der Waals surface area contributed by atoms with Crippen LogP contribution in [0.3, 0.4) is 0 Å². The molecule has 1 amide bonds. The van der Waals surface area contributed by atoms with Gasteiger partial charge in [0, 0.05) is 26.2 Å². The van der Waals surface area contributed by atoms with Crippen molar-refractivity contribution in [3.63, 3.8) is 0 Å². The van der Waals surface area contributed by atoms with E-state index in [-0.39, 0.29) is 5.91 Å². The van der Waals surface area contributed by atoms with Crippen LogP contribution in [-0.2, 0) is 16.1 Å². The average Bonchev–Trinajstić information content (AvgIpc) is 2.91. The fourth-order valence-corrected chi connectivity index (χ4v) is 3.91. The van der Waals surface area contributed by atoms with E-state index in [0.717, 1.165) is 12.3 Å². The molecule has 3 heterocycles. The Balaban J connectivity index is 1.52. The van der Waals surface area contributed by atoms with Crippen LogP contribution in [0.15, 0.2) is 22.8 Å². The SMILES string of the molecule is O=C1[C@H]2CN(Cc3ccco3)C[C@@]2(C(=O)O)CN1CC1CC1. The maximum Gasteiger partial charge on any atom is 0.313 e. The van der Waals surface area contributed by atoms with Crippen molar-refractivity contribution in [1.82, 2.24) is 9.80 Å². The predicted molar refractivity (Wildman–Crippen MR) is 76.8 cm³/mol. The molecular formula is C16H20N2O4. The molecule has 0 aromatic carbocycles. The van der Waals surface area contributed by atoms with Crippen molar-refractivity contribution in [2.75, 3.05) is 26.2 Å². The second-order valence-electron chi connectivity index (χ2n) is 6.92. The monoisotopic (exact) mass is 304 g/mol. The zero-order valence-electron chi connectivity index (χ0n) is 12.4. The van der Waals surface area contributed by atoms with Gasteiger partial charge in [0.05, 0.1) is 18.7 Å². The van der Waals surface area contributed by atoms with Gasteiger partial charge in [0.2, 0.25) is 5.91 Å². The number of carboxylic acid groups (broad SMARTS) is 1. The molecule has 1 aliphatic carbocycles. The number of carbonyl (C=O) groups excluding carboxylic acids is 1. The zero-order chi connectivity index (χ0) is 15.3. The first-order chi connectivity index (χ1) is 10.6. The lowest BCUT2D eigenvalue weighted by Crippen LogP contribution is -2.41. The Labute approximate surface area is 128 Å². The van der Waals surface area contributed by atoms with Gasteiger partial charge in [0.15, 0.2) is 0 Å². The summed E-state index contributed by atoms with van der Waals surface area (Å²) in [5.41, 5.74) is -0.946. The average molecular weight is 304 g/mol. The Hall–Kier alpha value is -1.82. The molecule has 1 aromatic heterocycles. The highest BCUT2D eigenvalue weighted by molar-refractivity contribution is 5.92. The molecule has 3 aliphatic rings. The lowest BCUT2D eigenvalue weighted by Gasteiger charge is -2.24. The van der Waals surface area contributed by atoms with Crippen molar-refractivity contribution in [1.29, 1.82) is 0 Å². The summed E-state index contributed by atoms with van der Waals surface area (Å²) in [5.74, 6) is 0.164. The van der Waals surface area contributed by atoms with Gasteiger partial charge in [0.25, 0.3) is 0 Å². The number of hydrogen-bond donors (Lipinski definition) is 1. The Kier molecular flexibility index (Phi) is 3.04. The Morgan fingerprint density at radius 3 is 2.82 bits per heavy atom. The third kappa shape index (κ3) is 2.13.